The first-order chi connectivity index (χ1) is 13.9. The maximum absolute atomic E-state index is 6.60. The molecule has 0 unspecified atom stereocenters. The number of fused-ring (bicyclic) bond motifs is 3. The number of ether oxygens (including phenoxy) is 2. The van der Waals surface area contributed by atoms with Gasteiger partial charge in [-0.25, -0.2) is 0 Å². The summed E-state index contributed by atoms with van der Waals surface area (Å²) in [6.07, 6.45) is 5.24. The number of piperidine rings is 1. The van der Waals surface area contributed by atoms with Gasteiger partial charge in [0.2, 0.25) is 0 Å². The van der Waals surface area contributed by atoms with Crippen molar-refractivity contribution in [2.45, 2.75) is 38.0 Å². The van der Waals surface area contributed by atoms with Gasteiger partial charge in [0.25, 0.3) is 0 Å². The first-order valence-electron chi connectivity index (χ1n) is 11.2. The number of hydrogen-bond acceptors (Lipinski definition) is 4. The Balaban J connectivity index is 1.33. The molecule has 0 amide bonds. The van der Waals surface area contributed by atoms with E-state index < -0.39 is 0 Å². The van der Waals surface area contributed by atoms with Crippen LogP contribution in [0.25, 0.3) is 10.9 Å². The predicted molar refractivity (Wildman–Crippen MR) is 110 cm³/mol. The smallest absolute Gasteiger partial charge is 0.134 e. The molecule has 2 saturated heterocycles. The number of hydrogen-bond donors (Lipinski definition) is 0. The molecular weight excluding hydrogens is 350 g/mol. The number of aromatic nitrogens is 1. The summed E-state index contributed by atoms with van der Waals surface area (Å²) >= 11 is 0. The quantitative estimate of drug-likeness (QED) is 0.814. The van der Waals surface area contributed by atoms with Crippen LogP contribution in [0.5, 0.6) is 0 Å². The lowest BCUT2D eigenvalue weighted by Crippen LogP contribution is -2.47. The number of nitrogens with zero attached hydrogens (tertiary/aromatic N) is 3. The standard InChI is InChI=1S/C23H31N3O2/c1-2-6-20-18(5-1)19-7-9-25-8-3-4-17-16-21(26(20)23(19)22(17)25)28-15-12-24-10-13-27-14-11-24/h1-2,5-6,17,21-22H,3-4,7-16H2/t17-,21+,22+/m0/s1. The Bertz CT molecular complexity index is 857. The molecule has 0 aliphatic carbocycles. The zero-order chi connectivity index (χ0) is 18.5. The van der Waals surface area contributed by atoms with Gasteiger partial charge in [-0.1, -0.05) is 18.2 Å². The van der Waals surface area contributed by atoms with E-state index in [1.165, 1.54) is 43.3 Å². The second kappa shape index (κ2) is 7.13. The molecule has 150 valence electrons. The molecule has 0 radical (unpaired) electrons. The lowest BCUT2D eigenvalue weighted by molar-refractivity contribution is -0.0682. The van der Waals surface area contributed by atoms with Gasteiger partial charge in [-0.15, -0.1) is 0 Å². The van der Waals surface area contributed by atoms with Crippen molar-refractivity contribution in [1.29, 1.82) is 0 Å². The normalized spacial score (nSPS) is 30.5. The maximum Gasteiger partial charge on any atom is 0.134 e. The molecule has 6 rings (SSSR count). The summed E-state index contributed by atoms with van der Waals surface area (Å²) in [5.74, 6) is 0.748. The second-order valence-electron chi connectivity index (χ2n) is 8.90. The molecule has 28 heavy (non-hydrogen) atoms. The van der Waals surface area contributed by atoms with Gasteiger partial charge in [-0.05, 0) is 49.8 Å². The average Bonchev–Trinajstić information content (AvgIpc) is 3.09. The summed E-state index contributed by atoms with van der Waals surface area (Å²) in [6.45, 7) is 8.12. The molecular formula is C23H31N3O2. The zero-order valence-electron chi connectivity index (χ0n) is 16.7. The molecule has 5 heteroatoms. The van der Waals surface area contributed by atoms with Crippen LogP contribution in [0, 0.1) is 5.92 Å². The minimum atomic E-state index is 0.189. The van der Waals surface area contributed by atoms with E-state index in [2.05, 4.69) is 38.6 Å². The van der Waals surface area contributed by atoms with E-state index in [1.807, 2.05) is 0 Å². The molecule has 1 aromatic heterocycles. The maximum atomic E-state index is 6.60. The molecule has 5 nitrogen and oxygen atoms in total. The van der Waals surface area contributed by atoms with Gasteiger partial charge in [0.05, 0.1) is 31.4 Å². The summed E-state index contributed by atoms with van der Waals surface area (Å²) in [5, 5.41) is 1.46. The molecule has 1 aromatic carbocycles. The highest BCUT2D eigenvalue weighted by Gasteiger charge is 2.45. The van der Waals surface area contributed by atoms with Crippen LogP contribution < -0.4 is 0 Å². The lowest BCUT2D eigenvalue weighted by Gasteiger charge is -2.49. The van der Waals surface area contributed by atoms with E-state index >= 15 is 0 Å². The van der Waals surface area contributed by atoms with E-state index in [0.717, 1.165) is 51.8 Å². The average molecular weight is 382 g/mol. The minimum Gasteiger partial charge on any atom is -0.379 e. The van der Waals surface area contributed by atoms with Crippen molar-refractivity contribution in [2.24, 2.45) is 5.92 Å². The van der Waals surface area contributed by atoms with Crippen LogP contribution in [0.2, 0.25) is 0 Å². The van der Waals surface area contributed by atoms with Crippen molar-refractivity contribution in [3.63, 3.8) is 0 Å². The van der Waals surface area contributed by atoms with Crippen molar-refractivity contribution in [1.82, 2.24) is 14.4 Å². The van der Waals surface area contributed by atoms with Crippen molar-refractivity contribution < 1.29 is 9.47 Å². The fourth-order valence-corrected chi connectivity index (χ4v) is 6.20. The summed E-state index contributed by atoms with van der Waals surface area (Å²) in [5.41, 5.74) is 4.57. The molecule has 2 aromatic rings. The Morgan fingerprint density at radius 2 is 1.96 bits per heavy atom. The largest absolute Gasteiger partial charge is 0.379 e. The number of benzene rings is 1. The fraction of sp³-hybridized carbons (Fsp3) is 0.652. The summed E-state index contributed by atoms with van der Waals surface area (Å²) in [7, 11) is 0. The highest BCUT2D eigenvalue weighted by atomic mass is 16.5. The summed E-state index contributed by atoms with van der Waals surface area (Å²) in [6, 6.07) is 9.63. The molecule has 4 aliphatic rings. The molecule has 0 N–H and O–H groups in total. The minimum absolute atomic E-state index is 0.189. The highest BCUT2D eigenvalue weighted by Crippen LogP contribution is 2.51. The van der Waals surface area contributed by atoms with Crippen LogP contribution in [0.4, 0.5) is 0 Å². The fourth-order valence-electron chi connectivity index (χ4n) is 6.20. The zero-order valence-corrected chi connectivity index (χ0v) is 16.7. The monoisotopic (exact) mass is 381 g/mol. The van der Waals surface area contributed by atoms with Gasteiger partial charge in [0, 0.05) is 37.3 Å². The van der Waals surface area contributed by atoms with Crippen LogP contribution in [0.15, 0.2) is 24.3 Å². The Kier molecular flexibility index (Phi) is 4.45. The number of para-hydroxylation sites is 1. The van der Waals surface area contributed by atoms with Gasteiger partial charge in [-0.2, -0.15) is 0 Å². The Morgan fingerprint density at radius 1 is 1.07 bits per heavy atom. The van der Waals surface area contributed by atoms with Crippen LogP contribution in [0.1, 0.15) is 42.8 Å². The van der Waals surface area contributed by atoms with Gasteiger partial charge in [0.1, 0.15) is 6.23 Å². The number of rotatable bonds is 4. The van der Waals surface area contributed by atoms with Crippen LogP contribution in [-0.2, 0) is 15.9 Å². The molecule has 0 bridgehead atoms. The van der Waals surface area contributed by atoms with Gasteiger partial charge >= 0.3 is 0 Å². The lowest BCUT2D eigenvalue weighted by atomic mass is 9.78. The van der Waals surface area contributed by atoms with Gasteiger partial charge < -0.3 is 14.0 Å². The third-order valence-electron chi connectivity index (χ3n) is 7.46. The van der Waals surface area contributed by atoms with Crippen molar-refractivity contribution in [2.75, 3.05) is 52.5 Å². The van der Waals surface area contributed by atoms with Crippen molar-refractivity contribution >= 4 is 10.9 Å². The molecule has 4 aliphatic heterocycles. The predicted octanol–water partition coefficient (Wildman–Crippen LogP) is 3.20. The Labute approximate surface area is 167 Å². The first kappa shape index (κ1) is 17.5. The first-order valence-corrected chi connectivity index (χ1v) is 11.2. The third kappa shape index (κ3) is 2.75. The topological polar surface area (TPSA) is 29.9 Å². The molecule has 2 fully saturated rings. The molecule has 0 spiro atoms. The molecule has 0 saturated carbocycles. The van der Waals surface area contributed by atoms with Gasteiger partial charge in [-0.3, -0.25) is 9.80 Å². The Morgan fingerprint density at radius 3 is 2.89 bits per heavy atom. The van der Waals surface area contributed by atoms with Crippen LogP contribution in [0.3, 0.4) is 0 Å². The van der Waals surface area contributed by atoms with E-state index in [4.69, 9.17) is 9.47 Å². The highest BCUT2D eigenvalue weighted by molar-refractivity contribution is 5.86. The van der Waals surface area contributed by atoms with E-state index in [9.17, 15) is 0 Å². The molecule has 3 atom stereocenters. The molecule has 5 heterocycles. The Hall–Kier alpha value is -1.40. The van der Waals surface area contributed by atoms with E-state index in [1.54, 1.807) is 11.3 Å². The third-order valence-corrected chi connectivity index (χ3v) is 7.46. The van der Waals surface area contributed by atoms with Crippen LogP contribution >= 0.6 is 0 Å². The SMILES string of the molecule is c1ccc2c(c1)c1c3n2[C@H](OCCN2CCOCC2)C[C@@H]2CCCN(CC1)[C@@H]32. The van der Waals surface area contributed by atoms with Crippen molar-refractivity contribution in [3.05, 3.63) is 35.5 Å². The summed E-state index contributed by atoms with van der Waals surface area (Å²) in [4.78, 5) is 5.23. The summed E-state index contributed by atoms with van der Waals surface area (Å²) < 4.78 is 14.7. The van der Waals surface area contributed by atoms with Gasteiger partial charge in [0.15, 0.2) is 0 Å². The van der Waals surface area contributed by atoms with E-state index in [-0.39, 0.29) is 6.23 Å². The van der Waals surface area contributed by atoms with E-state index in [0.29, 0.717) is 6.04 Å². The van der Waals surface area contributed by atoms with Crippen LogP contribution in [-0.4, -0.2) is 66.9 Å². The second-order valence-corrected chi connectivity index (χ2v) is 8.90. The number of morpholine rings is 1. The van der Waals surface area contributed by atoms with Crippen molar-refractivity contribution in [3.8, 4) is 0 Å².